The van der Waals surface area contributed by atoms with Crippen molar-refractivity contribution in [3.63, 3.8) is 0 Å². The first-order valence-corrected chi connectivity index (χ1v) is 6.53. The Bertz CT molecular complexity index is 530. The zero-order chi connectivity index (χ0) is 16.0. The summed E-state index contributed by atoms with van der Waals surface area (Å²) in [5.41, 5.74) is 0.916. The monoisotopic (exact) mass is 292 g/mol. The predicted molar refractivity (Wildman–Crippen MR) is 77.9 cm³/mol. The average molecular weight is 292 g/mol. The maximum Gasteiger partial charge on any atom is 0.338 e. The van der Waals surface area contributed by atoms with Crippen LogP contribution < -0.4 is 10.6 Å². The summed E-state index contributed by atoms with van der Waals surface area (Å²) in [7, 11) is 0. The topological polar surface area (TPSA) is 84.5 Å². The molecule has 0 atom stereocenters. The Hall–Kier alpha value is -2.37. The van der Waals surface area contributed by atoms with Crippen LogP contribution in [0.4, 0.5) is 4.79 Å². The molecule has 0 radical (unpaired) electrons. The number of amides is 3. The fourth-order valence-corrected chi connectivity index (χ4v) is 1.44. The van der Waals surface area contributed by atoms with E-state index >= 15 is 0 Å². The quantitative estimate of drug-likeness (QED) is 0.832. The molecule has 1 rings (SSSR count). The molecule has 1 aromatic rings. The molecule has 0 unspecified atom stereocenters. The van der Waals surface area contributed by atoms with Crippen molar-refractivity contribution in [2.75, 3.05) is 6.61 Å². The summed E-state index contributed by atoms with van der Waals surface area (Å²) in [4.78, 5) is 34.6. The first kappa shape index (κ1) is 16.7. The maximum atomic E-state index is 11.7. The van der Waals surface area contributed by atoms with Gasteiger partial charge in [-0.25, -0.2) is 9.59 Å². The molecule has 0 saturated carbocycles. The van der Waals surface area contributed by atoms with Gasteiger partial charge in [-0.15, -0.1) is 0 Å². The minimum Gasteiger partial charge on any atom is -0.452 e. The van der Waals surface area contributed by atoms with Crippen LogP contribution in [0.1, 0.15) is 36.7 Å². The van der Waals surface area contributed by atoms with Crippen LogP contribution in [0.5, 0.6) is 0 Å². The van der Waals surface area contributed by atoms with Crippen LogP contribution >= 0.6 is 0 Å². The van der Waals surface area contributed by atoms with E-state index in [4.69, 9.17) is 4.74 Å². The molecule has 2 N–H and O–H groups in total. The molecule has 0 aromatic heterocycles. The minimum atomic E-state index is -0.683. The summed E-state index contributed by atoms with van der Waals surface area (Å²) >= 11 is 0. The first-order chi connectivity index (χ1) is 9.67. The van der Waals surface area contributed by atoms with Crippen LogP contribution in [-0.2, 0) is 9.53 Å². The predicted octanol–water partition coefficient (Wildman–Crippen LogP) is 1.78. The summed E-state index contributed by atoms with van der Waals surface area (Å²) in [5.74, 6) is -1.29. The lowest BCUT2D eigenvalue weighted by molar-refractivity contribution is -0.123. The van der Waals surface area contributed by atoms with Gasteiger partial charge in [-0.3, -0.25) is 10.1 Å². The Labute approximate surface area is 123 Å². The van der Waals surface area contributed by atoms with Crippen LogP contribution in [-0.4, -0.2) is 30.1 Å². The number of ether oxygens (including phenoxy) is 1. The van der Waals surface area contributed by atoms with Gasteiger partial charge < -0.3 is 10.1 Å². The van der Waals surface area contributed by atoms with Gasteiger partial charge >= 0.3 is 12.0 Å². The molecule has 6 heteroatoms. The van der Waals surface area contributed by atoms with Gasteiger partial charge in [0.25, 0.3) is 5.91 Å². The number of rotatable bonds is 3. The third-order valence-electron chi connectivity index (χ3n) is 2.36. The van der Waals surface area contributed by atoms with Crippen LogP contribution in [0.15, 0.2) is 24.3 Å². The second-order valence-corrected chi connectivity index (χ2v) is 5.69. The molecule has 0 aliphatic heterocycles. The Morgan fingerprint density at radius 3 is 2.19 bits per heavy atom. The third kappa shape index (κ3) is 6.56. The highest BCUT2D eigenvalue weighted by Gasteiger charge is 2.16. The highest BCUT2D eigenvalue weighted by Crippen LogP contribution is 2.04. The van der Waals surface area contributed by atoms with E-state index in [1.807, 2.05) is 6.92 Å². The van der Waals surface area contributed by atoms with E-state index < -0.39 is 30.1 Å². The number of benzene rings is 1. The highest BCUT2D eigenvalue weighted by atomic mass is 16.5. The zero-order valence-corrected chi connectivity index (χ0v) is 12.6. The molecule has 1 aromatic carbocycles. The minimum absolute atomic E-state index is 0.354. The van der Waals surface area contributed by atoms with E-state index in [0.29, 0.717) is 5.56 Å². The van der Waals surface area contributed by atoms with Gasteiger partial charge in [-0.05, 0) is 39.8 Å². The maximum absolute atomic E-state index is 11.7. The van der Waals surface area contributed by atoms with Gasteiger partial charge in [-0.1, -0.05) is 17.7 Å². The van der Waals surface area contributed by atoms with E-state index in [1.54, 1.807) is 45.0 Å². The SMILES string of the molecule is Cc1ccc(C(=O)OCC(=O)NC(=O)NC(C)(C)C)cc1. The van der Waals surface area contributed by atoms with Crippen molar-refractivity contribution >= 4 is 17.9 Å². The van der Waals surface area contributed by atoms with Gasteiger partial charge in [0.1, 0.15) is 0 Å². The largest absolute Gasteiger partial charge is 0.452 e. The van der Waals surface area contributed by atoms with Crippen molar-refractivity contribution in [2.24, 2.45) is 0 Å². The van der Waals surface area contributed by atoms with Crippen LogP contribution in [0.25, 0.3) is 0 Å². The van der Waals surface area contributed by atoms with E-state index in [0.717, 1.165) is 5.56 Å². The fraction of sp³-hybridized carbons (Fsp3) is 0.400. The van der Waals surface area contributed by atoms with E-state index in [9.17, 15) is 14.4 Å². The van der Waals surface area contributed by atoms with E-state index in [1.165, 1.54) is 0 Å². The highest BCUT2D eigenvalue weighted by molar-refractivity contribution is 5.97. The number of imide groups is 1. The van der Waals surface area contributed by atoms with Crippen molar-refractivity contribution in [2.45, 2.75) is 33.2 Å². The molecule has 6 nitrogen and oxygen atoms in total. The van der Waals surface area contributed by atoms with Crippen LogP contribution in [0.3, 0.4) is 0 Å². The number of urea groups is 1. The number of carbonyl (C=O) groups excluding carboxylic acids is 3. The molecule has 0 aliphatic rings. The Balaban J connectivity index is 2.41. The smallest absolute Gasteiger partial charge is 0.338 e. The van der Waals surface area contributed by atoms with Gasteiger partial charge in [0, 0.05) is 5.54 Å². The molecule has 0 saturated heterocycles. The second-order valence-electron chi connectivity index (χ2n) is 5.69. The standard InChI is InChI=1S/C15H20N2O4/c1-10-5-7-11(8-6-10)13(19)21-9-12(18)16-14(20)17-15(2,3)4/h5-8H,9H2,1-4H3,(H2,16,17,18,20). The number of carbonyl (C=O) groups is 3. The van der Waals surface area contributed by atoms with Gasteiger partial charge in [-0.2, -0.15) is 0 Å². The van der Waals surface area contributed by atoms with Gasteiger partial charge in [0.05, 0.1) is 5.56 Å². The molecular weight excluding hydrogens is 272 g/mol. The summed E-state index contributed by atoms with van der Waals surface area (Å²) < 4.78 is 4.83. The number of hydrogen-bond donors (Lipinski definition) is 2. The Morgan fingerprint density at radius 1 is 1.10 bits per heavy atom. The number of esters is 1. The zero-order valence-electron chi connectivity index (χ0n) is 12.6. The van der Waals surface area contributed by atoms with Gasteiger partial charge in [0.2, 0.25) is 0 Å². The van der Waals surface area contributed by atoms with Crippen molar-refractivity contribution in [1.82, 2.24) is 10.6 Å². The lowest BCUT2D eigenvalue weighted by Gasteiger charge is -2.20. The van der Waals surface area contributed by atoms with E-state index in [-0.39, 0.29) is 0 Å². The number of aryl methyl sites for hydroxylation is 1. The lowest BCUT2D eigenvalue weighted by Crippen LogP contribution is -2.49. The molecule has 0 spiro atoms. The Kier molecular flexibility index (Phi) is 5.46. The molecular formula is C15H20N2O4. The number of hydrogen-bond acceptors (Lipinski definition) is 4. The van der Waals surface area contributed by atoms with Crippen molar-refractivity contribution in [3.05, 3.63) is 35.4 Å². The third-order valence-corrected chi connectivity index (χ3v) is 2.36. The molecule has 114 valence electrons. The molecule has 0 fully saturated rings. The molecule has 3 amide bonds. The van der Waals surface area contributed by atoms with Crippen molar-refractivity contribution in [1.29, 1.82) is 0 Å². The second kappa shape index (κ2) is 6.88. The van der Waals surface area contributed by atoms with Crippen molar-refractivity contribution in [3.8, 4) is 0 Å². The fourth-order valence-electron chi connectivity index (χ4n) is 1.44. The molecule has 0 bridgehead atoms. The van der Waals surface area contributed by atoms with Crippen molar-refractivity contribution < 1.29 is 19.1 Å². The molecule has 0 heterocycles. The van der Waals surface area contributed by atoms with E-state index in [2.05, 4.69) is 10.6 Å². The lowest BCUT2D eigenvalue weighted by atomic mass is 10.1. The normalized spacial score (nSPS) is 10.7. The van der Waals surface area contributed by atoms with Crippen LogP contribution in [0, 0.1) is 6.92 Å². The summed E-state index contributed by atoms with van der Waals surface area (Å²) in [5, 5.41) is 4.65. The average Bonchev–Trinajstić information content (AvgIpc) is 2.34. The summed E-state index contributed by atoms with van der Waals surface area (Å²) in [6, 6.07) is 6.14. The summed E-state index contributed by atoms with van der Waals surface area (Å²) in [6.45, 7) is 6.75. The Morgan fingerprint density at radius 2 is 1.67 bits per heavy atom. The summed E-state index contributed by atoms with van der Waals surface area (Å²) in [6.07, 6.45) is 0. The molecule has 0 aliphatic carbocycles. The number of nitrogens with one attached hydrogen (secondary N) is 2. The first-order valence-electron chi connectivity index (χ1n) is 6.53. The molecule has 21 heavy (non-hydrogen) atoms. The van der Waals surface area contributed by atoms with Gasteiger partial charge in [0.15, 0.2) is 6.61 Å². The van der Waals surface area contributed by atoms with Crippen LogP contribution in [0.2, 0.25) is 0 Å².